The van der Waals surface area contributed by atoms with E-state index in [1.54, 1.807) is 27.7 Å². The van der Waals surface area contributed by atoms with Gasteiger partial charge in [-0.15, -0.1) is 0 Å². The average molecular weight is 356 g/mol. The molecule has 0 aliphatic carbocycles. The molecule has 7 nitrogen and oxygen atoms in total. The number of Topliss-reactive ketones (excluding diaryl/α,β-unsaturated/α-hetero) is 2. The van der Waals surface area contributed by atoms with E-state index in [1.807, 2.05) is 13.8 Å². The zero-order chi connectivity index (χ0) is 19.8. The number of ketones is 2. The Morgan fingerprint density at radius 2 is 1.60 bits per heavy atom. The molecule has 0 heterocycles. The van der Waals surface area contributed by atoms with Crippen molar-refractivity contribution < 1.29 is 23.9 Å². The van der Waals surface area contributed by atoms with E-state index in [4.69, 9.17) is 4.74 Å². The summed E-state index contributed by atoms with van der Waals surface area (Å²) in [6.07, 6.45) is -0.332. The second-order valence-corrected chi connectivity index (χ2v) is 7.68. The van der Waals surface area contributed by atoms with Crippen LogP contribution in [0, 0.1) is 17.3 Å². The third-order valence-corrected chi connectivity index (χ3v) is 3.83. The molecule has 144 valence electrons. The van der Waals surface area contributed by atoms with Gasteiger partial charge in [-0.25, -0.2) is 4.79 Å². The molecule has 2 amide bonds. The molecule has 2 N–H and O–H groups in total. The van der Waals surface area contributed by atoms with Crippen LogP contribution < -0.4 is 10.6 Å². The Morgan fingerprint density at radius 1 is 1.04 bits per heavy atom. The summed E-state index contributed by atoms with van der Waals surface area (Å²) < 4.78 is 5.01. The molecular weight excluding hydrogens is 324 g/mol. The summed E-state index contributed by atoms with van der Waals surface area (Å²) in [6, 6.07) is -0.550. The van der Waals surface area contributed by atoms with Gasteiger partial charge in [0.05, 0.1) is 19.2 Å². The van der Waals surface area contributed by atoms with Crippen LogP contribution in [0.15, 0.2) is 0 Å². The quantitative estimate of drug-likeness (QED) is 0.658. The minimum absolute atomic E-state index is 0.0218. The van der Waals surface area contributed by atoms with Crippen molar-refractivity contribution >= 4 is 23.6 Å². The highest BCUT2D eigenvalue weighted by Crippen LogP contribution is 2.14. The summed E-state index contributed by atoms with van der Waals surface area (Å²) in [6.45, 7) is 12.1. The fraction of sp³-hybridized carbons (Fsp3) is 0.778. The lowest BCUT2D eigenvalue weighted by molar-refractivity contribution is -0.130. The molecule has 0 spiro atoms. The molecule has 0 aromatic heterocycles. The van der Waals surface area contributed by atoms with Crippen molar-refractivity contribution in [3.8, 4) is 0 Å². The number of hydrogen-bond donors (Lipinski definition) is 2. The standard InChI is InChI=1S/C18H32N2O5/c1-11(2)15(20-13(4)21)16(23)12(3)8-9-25-17(24)19-10-14(22)18(5,6)7/h11-12,15H,8-10H2,1-7H3,(H,19,24)(H,20,21)/t12?,15-/m0/s1. The van der Waals surface area contributed by atoms with Crippen LogP contribution in [0.25, 0.3) is 0 Å². The van der Waals surface area contributed by atoms with E-state index in [9.17, 15) is 19.2 Å². The minimum Gasteiger partial charge on any atom is -0.450 e. The van der Waals surface area contributed by atoms with Crippen LogP contribution in [0.1, 0.15) is 54.9 Å². The number of hydrogen-bond acceptors (Lipinski definition) is 5. The molecule has 0 rings (SSSR count). The zero-order valence-corrected chi connectivity index (χ0v) is 16.4. The Labute approximate surface area is 150 Å². The normalized spacial score (nSPS) is 13.8. The Bertz CT molecular complexity index is 494. The molecule has 0 aromatic carbocycles. The van der Waals surface area contributed by atoms with Crippen LogP contribution in [0.4, 0.5) is 4.79 Å². The lowest BCUT2D eigenvalue weighted by Gasteiger charge is -2.23. The van der Waals surface area contributed by atoms with Gasteiger partial charge in [0, 0.05) is 18.3 Å². The predicted molar refractivity (Wildman–Crippen MR) is 95.0 cm³/mol. The highest BCUT2D eigenvalue weighted by Gasteiger charge is 2.27. The number of nitrogens with one attached hydrogen (secondary N) is 2. The SMILES string of the molecule is CC(=O)N[C@H](C(=O)C(C)CCOC(=O)NCC(=O)C(C)(C)C)C(C)C. The Balaban J connectivity index is 4.30. The van der Waals surface area contributed by atoms with Gasteiger partial charge in [-0.05, 0) is 12.3 Å². The van der Waals surface area contributed by atoms with Crippen molar-refractivity contribution in [2.75, 3.05) is 13.2 Å². The van der Waals surface area contributed by atoms with Gasteiger partial charge in [0.15, 0.2) is 11.6 Å². The largest absolute Gasteiger partial charge is 0.450 e. The fourth-order valence-electron chi connectivity index (χ4n) is 2.03. The van der Waals surface area contributed by atoms with E-state index >= 15 is 0 Å². The molecule has 2 atom stereocenters. The molecule has 0 aliphatic heterocycles. The topological polar surface area (TPSA) is 102 Å². The first-order chi connectivity index (χ1) is 11.4. The molecule has 0 saturated carbocycles. The molecular formula is C18H32N2O5. The molecule has 25 heavy (non-hydrogen) atoms. The maximum absolute atomic E-state index is 12.4. The van der Waals surface area contributed by atoms with E-state index in [0.717, 1.165) is 0 Å². The van der Waals surface area contributed by atoms with Crippen LogP contribution in [0.5, 0.6) is 0 Å². The highest BCUT2D eigenvalue weighted by molar-refractivity contribution is 5.90. The molecule has 0 aromatic rings. The molecule has 0 saturated heterocycles. The molecule has 0 aliphatic rings. The predicted octanol–water partition coefficient (Wildman–Crippen LogP) is 2.08. The Hall–Kier alpha value is -1.92. The highest BCUT2D eigenvalue weighted by atomic mass is 16.5. The third kappa shape index (κ3) is 9.22. The maximum Gasteiger partial charge on any atom is 0.407 e. The fourth-order valence-corrected chi connectivity index (χ4v) is 2.03. The van der Waals surface area contributed by atoms with Crippen molar-refractivity contribution in [1.29, 1.82) is 0 Å². The van der Waals surface area contributed by atoms with Crippen molar-refractivity contribution in [3.63, 3.8) is 0 Å². The van der Waals surface area contributed by atoms with Crippen LogP contribution >= 0.6 is 0 Å². The van der Waals surface area contributed by atoms with E-state index in [0.29, 0.717) is 6.42 Å². The minimum atomic E-state index is -0.681. The molecule has 0 fully saturated rings. The van der Waals surface area contributed by atoms with Gasteiger partial charge in [0.1, 0.15) is 0 Å². The van der Waals surface area contributed by atoms with Gasteiger partial charge >= 0.3 is 6.09 Å². The first-order valence-electron chi connectivity index (χ1n) is 8.61. The Morgan fingerprint density at radius 3 is 2.04 bits per heavy atom. The lowest BCUT2D eigenvalue weighted by atomic mass is 9.90. The van der Waals surface area contributed by atoms with Gasteiger partial charge in [-0.2, -0.15) is 0 Å². The second kappa shape index (κ2) is 10.2. The summed E-state index contributed by atoms with van der Waals surface area (Å²) in [4.78, 5) is 46.9. The number of rotatable bonds is 9. The van der Waals surface area contributed by atoms with Crippen LogP contribution in [-0.2, 0) is 19.1 Å². The zero-order valence-electron chi connectivity index (χ0n) is 16.4. The van der Waals surface area contributed by atoms with Gasteiger partial charge in [-0.1, -0.05) is 41.5 Å². The first kappa shape index (κ1) is 23.1. The van der Waals surface area contributed by atoms with Crippen LogP contribution in [0.2, 0.25) is 0 Å². The lowest BCUT2D eigenvalue weighted by Crippen LogP contribution is -2.45. The molecule has 0 bridgehead atoms. The van der Waals surface area contributed by atoms with E-state index in [2.05, 4.69) is 10.6 Å². The summed E-state index contributed by atoms with van der Waals surface area (Å²) in [7, 11) is 0. The third-order valence-electron chi connectivity index (χ3n) is 3.83. The Kier molecular flexibility index (Phi) is 9.38. The number of ether oxygens (including phenoxy) is 1. The monoisotopic (exact) mass is 356 g/mol. The van der Waals surface area contributed by atoms with Gasteiger partial charge in [0.25, 0.3) is 0 Å². The smallest absolute Gasteiger partial charge is 0.407 e. The van der Waals surface area contributed by atoms with Crippen LogP contribution in [-0.4, -0.2) is 42.8 Å². The van der Waals surface area contributed by atoms with Crippen molar-refractivity contribution in [2.45, 2.75) is 60.9 Å². The van der Waals surface area contributed by atoms with E-state index in [1.165, 1.54) is 6.92 Å². The summed E-state index contributed by atoms with van der Waals surface area (Å²) in [5.41, 5.74) is -0.524. The van der Waals surface area contributed by atoms with Crippen molar-refractivity contribution in [3.05, 3.63) is 0 Å². The first-order valence-corrected chi connectivity index (χ1v) is 8.61. The van der Waals surface area contributed by atoms with E-state index in [-0.39, 0.29) is 42.5 Å². The summed E-state index contributed by atoms with van der Waals surface area (Å²) >= 11 is 0. The number of carbonyl (C=O) groups excluding carboxylic acids is 4. The van der Waals surface area contributed by atoms with Gasteiger partial charge in [0.2, 0.25) is 5.91 Å². The van der Waals surface area contributed by atoms with Crippen molar-refractivity contribution in [2.24, 2.45) is 17.3 Å². The number of carbonyl (C=O) groups is 4. The van der Waals surface area contributed by atoms with Crippen molar-refractivity contribution in [1.82, 2.24) is 10.6 Å². The number of alkyl carbamates (subject to hydrolysis) is 1. The molecule has 7 heteroatoms. The van der Waals surface area contributed by atoms with Gasteiger partial charge in [-0.3, -0.25) is 14.4 Å². The molecule has 1 unspecified atom stereocenters. The molecule has 0 radical (unpaired) electrons. The van der Waals surface area contributed by atoms with E-state index < -0.39 is 17.6 Å². The van der Waals surface area contributed by atoms with Gasteiger partial charge < -0.3 is 15.4 Å². The number of amides is 2. The summed E-state index contributed by atoms with van der Waals surface area (Å²) in [5, 5.41) is 5.07. The maximum atomic E-state index is 12.4. The average Bonchev–Trinajstić information content (AvgIpc) is 2.47. The van der Waals surface area contributed by atoms with Crippen LogP contribution in [0.3, 0.4) is 0 Å². The summed E-state index contributed by atoms with van der Waals surface area (Å²) in [5.74, 6) is -0.812. The second-order valence-electron chi connectivity index (χ2n) is 7.68.